The van der Waals surface area contributed by atoms with Gasteiger partial charge in [0.05, 0.1) is 0 Å². The fourth-order valence-electron chi connectivity index (χ4n) is 0. The van der Waals surface area contributed by atoms with Crippen LogP contribution in [0.3, 0.4) is 0 Å². The summed E-state index contributed by atoms with van der Waals surface area (Å²) in [5.41, 5.74) is 0. The smallest absolute Gasteiger partial charge is 0.759 e. The van der Waals surface area contributed by atoms with Crippen LogP contribution < -0.4 is 0 Å². The average Bonchev–Trinajstić information content (AvgIpc) is 0.722. The number of rotatable bonds is 0. The number of hydrogen-bond acceptors (Lipinski definition) is 4. The van der Waals surface area contributed by atoms with Crippen molar-refractivity contribution in [3.8, 4) is 0 Å². The Labute approximate surface area is 68.9 Å². The molecule has 0 aliphatic rings. The minimum atomic E-state index is -5.17. The zero-order valence-corrected chi connectivity index (χ0v) is 6.50. The van der Waals surface area contributed by atoms with Crippen molar-refractivity contribution in [2.75, 3.05) is 0 Å². The van der Waals surface area contributed by atoms with Gasteiger partial charge >= 0.3 is 41.7 Å². The van der Waals surface area contributed by atoms with Gasteiger partial charge in [-0.25, -0.2) is 0 Å². The van der Waals surface area contributed by atoms with Gasteiger partial charge in [0.15, 0.2) is 0 Å². The molecule has 0 aromatic heterocycles. The monoisotopic (exact) mass is 236 g/mol. The van der Waals surface area contributed by atoms with Gasteiger partial charge in [0.1, 0.15) is 0 Å². The van der Waals surface area contributed by atoms with E-state index in [-0.39, 0.29) is 41.7 Å². The first kappa shape index (κ1) is 10.3. The fraction of sp³-hybridized carbons (Fsp3) is 0. The Kier molecular flexibility index (Phi) is 5.61. The van der Waals surface area contributed by atoms with E-state index in [1.165, 1.54) is 0 Å². The molecule has 0 spiro atoms. The van der Waals surface area contributed by atoms with E-state index < -0.39 is 10.4 Å². The van der Waals surface area contributed by atoms with E-state index in [0.717, 1.165) is 0 Å². The molecule has 0 amide bonds. The summed E-state index contributed by atoms with van der Waals surface area (Å²) in [5, 5.41) is 0. The molecule has 0 unspecified atom stereocenters. The van der Waals surface area contributed by atoms with Gasteiger partial charge in [-0.3, -0.25) is 8.42 Å². The summed E-state index contributed by atoms with van der Waals surface area (Å²) < 4.78 is 34.1. The molecule has 0 saturated heterocycles. The number of hydrogen-bond donors (Lipinski definition) is 0. The topological polar surface area (TPSA) is 80.3 Å². The largest absolute Gasteiger partial charge is 2.00 e. The Hall–Kier alpha value is 1.25. The first-order valence-corrected chi connectivity index (χ1v) is 2.00. The quantitative estimate of drug-likeness (QED) is 0.385. The minimum Gasteiger partial charge on any atom is -0.759 e. The Balaban J connectivity index is 0. The van der Waals surface area contributed by atoms with Crippen LogP contribution in [0.2, 0.25) is 0 Å². The molecule has 0 aliphatic carbocycles. The maximum absolute atomic E-state index is 8.52. The Morgan fingerprint density at radius 2 is 1.17 bits per heavy atom. The molecular formula is CeO4S. The summed E-state index contributed by atoms with van der Waals surface area (Å²) in [7, 11) is -5.17. The predicted molar refractivity (Wildman–Crippen MR) is 10.5 cm³/mol. The standard InChI is InChI=1S/Ce.H2O4S/c;1-5(2,3)4/h;(H2,1,2,3,4)/q+2;/p-2. The van der Waals surface area contributed by atoms with Crippen molar-refractivity contribution >= 4 is 10.4 Å². The molecular weight excluding hydrogens is 236 g/mol. The molecule has 0 N–H and O–H groups in total. The molecule has 0 aromatic rings. The second-order valence-electron chi connectivity index (χ2n) is 0.408. The molecule has 0 rings (SSSR count). The molecule has 34 valence electrons. The third-order valence-corrected chi connectivity index (χ3v) is 0. The summed E-state index contributed by atoms with van der Waals surface area (Å²) in [5.74, 6) is 0. The summed E-state index contributed by atoms with van der Waals surface area (Å²) in [6.07, 6.45) is 0. The van der Waals surface area contributed by atoms with Gasteiger partial charge in [0.25, 0.3) is 0 Å². The van der Waals surface area contributed by atoms with E-state index in [1.807, 2.05) is 0 Å². The first-order chi connectivity index (χ1) is 2.00. The zero-order valence-electron chi connectivity index (χ0n) is 2.54. The van der Waals surface area contributed by atoms with Crippen LogP contribution in [0.1, 0.15) is 0 Å². The van der Waals surface area contributed by atoms with Crippen molar-refractivity contribution in [2.45, 2.75) is 0 Å². The van der Waals surface area contributed by atoms with E-state index in [2.05, 4.69) is 0 Å². The van der Waals surface area contributed by atoms with Crippen molar-refractivity contribution in [3.63, 3.8) is 0 Å². The van der Waals surface area contributed by atoms with Crippen LogP contribution in [0.4, 0.5) is 0 Å². The molecule has 0 heterocycles. The molecule has 0 aromatic carbocycles. The van der Waals surface area contributed by atoms with Gasteiger partial charge in [-0.15, -0.1) is 0 Å². The molecule has 6 heavy (non-hydrogen) atoms. The second kappa shape index (κ2) is 3.27. The molecule has 0 radical (unpaired) electrons. The van der Waals surface area contributed by atoms with Gasteiger partial charge < -0.3 is 9.11 Å². The van der Waals surface area contributed by atoms with Crippen LogP contribution >= 0.6 is 0 Å². The Morgan fingerprint density at radius 1 is 1.17 bits per heavy atom. The maximum atomic E-state index is 8.52. The van der Waals surface area contributed by atoms with Crippen LogP contribution in [-0.4, -0.2) is 17.5 Å². The van der Waals surface area contributed by atoms with E-state index >= 15 is 0 Å². The molecule has 6 heteroatoms. The summed E-state index contributed by atoms with van der Waals surface area (Å²) in [6, 6.07) is 0. The Bertz CT molecular complexity index is 90.7. The summed E-state index contributed by atoms with van der Waals surface area (Å²) >= 11 is 0. The predicted octanol–water partition coefficient (Wildman–Crippen LogP) is -1.34. The average molecular weight is 236 g/mol. The van der Waals surface area contributed by atoms with E-state index in [9.17, 15) is 0 Å². The Morgan fingerprint density at radius 3 is 1.17 bits per heavy atom. The van der Waals surface area contributed by atoms with Crippen molar-refractivity contribution in [1.82, 2.24) is 0 Å². The van der Waals surface area contributed by atoms with E-state index in [4.69, 9.17) is 17.5 Å². The van der Waals surface area contributed by atoms with Gasteiger partial charge in [-0.1, -0.05) is 0 Å². The van der Waals surface area contributed by atoms with Gasteiger partial charge in [0.2, 0.25) is 0 Å². The van der Waals surface area contributed by atoms with Crippen LogP contribution in [0.15, 0.2) is 0 Å². The zero-order chi connectivity index (χ0) is 4.50. The third kappa shape index (κ3) is 60.9. The van der Waals surface area contributed by atoms with Crippen molar-refractivity contribution in [1.29, 1.82) is 0 Å². The third-order valence-electron chi connectivity index (χ3n) is 0. The summed E-state index contributed by atoms with van der Waals surface area (Å²) in [6.45, 7) is 0. The van der Waals surface area contributed by atoms with Crippen LogP contribution in [0.25, 0.3) is 0 Å². The second-order valence-corrected chi connectivity index (χ2v) is 1.22. The molecule has 0 bridgehead atoms. The van der Waals surface area contributed by atoms with Crippen LogP contribution in [0, 0.1) is 41.7 Å². The van der Waals surface area contributed by atoms with Gasteiger partial charge in [-0.2, -0.15) is 0 Å². The maximum Gasteiger partial charge on any atom is 2.00 e. The first-order valence-electron chi connectivity index (χ1n) is 0.667. The molecule has 4 nitrogen and oxygen atoms in total. The summed E-state index contributed by atoms with van der Waals surface area (Å²) in [4.78, 5) is 0. The van der Waals surface area contributed by atoms with Gasteiger partial charge in [0, 0.05) is 10.4 Å². The molecule has 0 atom stereocenters. The normalized spacial score (nSPS) is 9.67. The van der Waals surface area contributed by atoms with E-state index in [0.29, 0.717) is 0 Å². The SMILES string of the molecule is O=S(=O)([O-])[O-].[Ce+2]. The molecule has 0 aliphatic heterocycles. The minimum absolute atomic E-state index is 0. The van der Waals surface area contributed by atoms with Crippen LogP contribution in [0.5, 0.6) is 0 Å². The molecule has 0 saturated carbocycles. The van der Waals surface area contributed by atoms with Crippen molar-refractivity contribution in [2.24, 2.45) is 0 Å². The van der Waals surface area contributed by atoms with Crippen molar-refractivity contribution < 1.29 is 59.3 Å². The molecule has 0 fully saturated rings. The van der Waals surface area contributed by atoms with Crippen LogP contribution in [-0.2, 0) is 10.4 Å². The van der Waals surface area contributed by atoms with Gasteiger partial charge in [-0.05, 0) is 0 Å². The fourth-order valence-corrected chi connectivity index (χ4v) is 0. The van der Waals surface area contributed by atoms with Crippen molar-refractivity contribution in [3.05, 3.63) is 0 Å². The van der Waals surface area contributed by atoms with E-state index in [1.54, 1.807) is 0 Å².